The van der Waals surface area contributed by atoms with Gasteiger partial charge >= 0.3 is 0 Å². The van der Waals surface area contributed by atoms with E-state index in [0.717, 1.165) is 37.7 Å². The van der Waals surface area contributed by atoms with Gasteiger partial charge in [-0.05, 0) is 36.0 Å². The van der Waals surface area contributed by atoms with Crippen LogP contribution in [0.1, 0.15) is 67.9 Å². The maximum Gasteiger partial charge on any atom is 0.138 e. The van der Waals surface area contributed by atoms with Crippen molar-refractivity contribution in [2.45, 2.75) is 52.1 Å². The molecule has 1 fully saturated rings. The van der Waals surface area contributed by atoms with Gasteiger partial charge in [0.25, 0.3) is 0 Å². The lowest BCUT2D eigenvalue weighted by Gasteiger charge is -2.41. The molecule has 4 nitrogen and oxygen atoms in total. The van der Waals surface area contributed by atoms with Gasteiger partial charge in [-0.2, -0.15) is 0 Å². The zero-order valence-electron chi connectivity index (χ0n) is 24.1. The lowest BCUT2D eigenvalue weighted by Crippen LogP contribution is -2.48. The average Bonchev–Trinajstić information content (AvgIpc) is 3.31. The van der Waals surface area contributed by atoms with Gasteiger partial charge in [0.05, 0.1) is 17.8 Å². The number of nitrogens with zero attached hydrogens (tertiary/aromatic N) is 3. The van der Waals surface area contributed by atoms with Gasteiger partial charge in [0.15, 0.2) is 0 Å². The van der Waals surface area contributed by atoms with Crippen LogP contribution < -0.4 is 0 Å². The highest BCUT2D eigenvalue weighted by Crippen LogP contribution is 2.34. The van der Waals surface area contributed by atoms with E-state index in [1.54, 1.807) is 0 Å². The van der Waals surface area contributed by atoms with Crippen LogP contribution in [0.5, 0.6) is 0 Å². The number of halogens is 3. The third kappa shape index (κ3) is 7.29. The number of piperazine rings is 1. The molecule has 0 bridgehead atoms. The predicted octanol–water partition coefficient (Wildman–Crippen LogP) is 8.42. The zero-order chi connectivity index (χ0) is 26.0. The highest BCUT2D eigenvalue weighted by Gasteiger charge is 2.30. The quantitative estimate of drug-likeness (QED) is 0.241. The molecule has 1 atom stereocenters. The van der Waals surface area contributed by atoms with Crippen LogP contribution in [0.2, 0.25) is 0 Å². The van der Waals surface area contributed by atoms with Crippen LogP contribution in [0, 0.1) is 6.92 Å². The Balaban J connectivity index is 0.00000187. The number of imidazole rings is 1. The molecule has 0 saturated carbocycles. The molecule has 216 valence electrons. The first-order valence-electron chi connectivity index (χ1n) is 13.6. The topological polar surface area (TPSA) is 35.2 Å². The Morgan fingerprint density at radius 3 is 1.70 bits per heavy atom. The summed E-state index contributed by atoms with van der Waals surface area (Å²) < 4.78 is 0. The predicted molar refractivity (Wildman–Crippen MR) is 175 cm³/mol. The van der Waals surface area contributed by atoms with E-state index < -0.39 is 0 Å². The van der Waals surface area contributed by atoms with E-state index in [9.17, 15) is 0 Å². The molecule has 1 aliphatic heterocycles. The Bertz CT molecular complexity index is 1270. The molecule has 3 aromatic carbocycles. The largest absolute Gasteiger partial charge is 0.342 e. The van der Waals surface area contributed by atoms with Crippen molar-refractivity contribution in [1.82, 2.24) is 19.8 Å². The number of nitrogens with one attached hydrogen (secondary N) is 1. The molecule has 5 rings (SSSR count). The minimum atomic E-state index is 0. The van der Waals surface area contributed by atoms with Gasteiger partial charge in [0.1, 0.15) is 5.82 Å². The fourth-order valence-electron chi connectivity index (χ4n) is 5.79. The van der Waals surface area contributed by atoms with Crippen LogP contribution in [-0.2, 0) is 5.41 Å². The maximum atomic E-state index is 5.17. The van der Waals surface area contributed by atoms with Crippen LogP contribution in [0.15, 0.2) is 84.9 Å². The number of benzene rings is 3. The first-order chi connectivity index (χ1) is 17.8. The third-order valence-corrected chi connectivity index (χ3v) is 7.80. The number of aromatic amines is 1. The van der Waals surface area contributed by atoms with E-state index in [1.165, 1.54) is 27.9 Å². The number of aryl methyl sites for hydroxylation is 1. The normalized spacial score (nSPS) is 15.1. The van der Waals surface area contributed by atoms with Gasteiger partial charge in [-0.25, -0.2) is 4.98 Å². The van der Waals surface area contributed by atoms with Crippen LogP contribution >= 0.6 is 37.2 Å². The molecule has 1 saturated heterocycles. The minimum Gasteiger partial charge on any atom is -0.342 e. The lowest BCUT2D eigenvalue weighted by molar-refractivity contribution is 0.0826. The van der Waals surface area contributed by atoms with E-state index in [-0.39, 0.29) is 54.7 Å². The first-order valence-corrected chi connectivity index (χ1v) is 13.6. The van der Waals surface area contributed by atoms with Crippen molar-refractivity contribution >= 4 is 37.2 Å². The molecule has 40 heavy (non-hydrogen) atoms. The Morgan fingerprint density at radius 2 is 1.18 bits per heavy atom. The van der Waals surface area contributed by atoms with Gasteiger partial charge in [-0.1, -0.05) is 106 Å². The number of hydrogen-bond acceptors (Lipinski definition) is 3. The van der Waals surface area contributed by atoms with Gasteiger partial charge in [-0.3, -0.25) is 9.80 Å². The Kier molecular flexibility index (Phi) is 12.3. The number of aromatic nitrogens is 2. The molecule has 0 amide bonds. The summed E-state index contributed by atoms with van der Waals surface area (Å²) in [5.74, 6) is 0.983. The summed E-state index contributed by atoms with van der Waals surface area (Å²) in [5.41, 5.74) is 7.64. The highest BCUT2D eigenvalue weighted by molar-refractivity contribution is 5.86. The van der Waals surface area contributed by atoms with Gasteiger partial charge in [-0.15, -0.1) is 37.2 Å². The molecule has 0 radical (unpaired) electrons. The molecule has 2 heterocycles. The highest BCUT2D eigenvalue weighted by atomic mass is 35.5. The summed E-state index contributed by atoms with van der Waals surface area (Å²) in [7, 11) is 0. The number of hydrogen-bond donors (Lipinski definition) is 1. The van der Waals surface area contributed by atoms with Crippen LogP contribution in [0.3, 0.4) is 0 Å². The van der Waals surface area contributed by atoms with Crippen molar-refractivity contribution in [3.05, 3.63) is 113 Å². The second-order valence-corrected chi connectivity index (χ2v) is 11.4. The SMILES string of the molecule is Cc1[nH]c(-c2ccccc2C(C)(C)C)nc1C(C)N1CCN(C(c2ccccc2)c2ccccc2)CC1.Cl.Cl.Cl. The Morgan fingerprint density at radius 1 is 0.700 bits per heavy atom. The van der Waals surface area contributed by atoms with Crippen LogP contribution in [0.25, 0.3) is 11.4 Å². The maximum absolute atomic E-state index is 5.17. The fraction of sp³-hybridized carbons (Fsp3) is 0.364. The molecule has 7 heteroatoms. The van der Waals surface area contributed by atoms with E-state index in [4.69, 9.17) is 4.98 Å². The third-order valence-electron chi connectivity index (χ3n) is 7.80. The summed E-state index contributed by atoms with van der Waals surface area (Å²) in [6, 6.07) is 31.1. The van der Waals surface area contributed by atoms with Crippen LogP contribution in [-0.4, -0.2) is 45.9 Å². The molecule has 1 N–H and O–H groups in total. The van der Waals surface area contributed by atoms with E-state index in [2.05, 4.69) is 134 Å². The first kappa shape index (κ1) is 33.9. The minimum absolute atomic E-state index is 0. The second-order valence-electron chi connectivity index (χ2n) is 11.4. The van der Waals surface area contributed by atoms with E-state index in [1.807, 2.05) is 0 Å². The number of H-pyrrole nitrogens is 1. The van der Waals surface area contributed by atoms with Gasteiger partial charge in [0, 0.05) is 37.4 Å². The van der Waals surface area contributed by atoms with Gasteiger partial charge < -0.3 is 4.98 Å². The van der Waals surface area contributed by atoms with Crippen molar-refractivity contribution in [1.29, 1.82) is 0 Å². The summed E-state index contributed by atoms with van der Waals surface area (Å²) in [6.07, 6.45) is 0. The molecule has 1 unspecified atom stereocenters. The molecule has 1 aromatic heterocycles. The van der Waals surface area contributed by atoms with Crippen molar-refractivity contribution in [3.8, 4) is 11.4 Å². The van der Waals surface area contributed by atoms with Crippen molar-refractivity contribution in [2.24, 2.45) is 0 Å². The Hall–Kier alpha value is -2.34. The Labute approximate surface area is 258 Å². The van der Waals surface area contributed by atoms with Crippen molar-refractivity contribution in [2.75, 3.05) is 26.2 Å². The average molecular weight is 602 g/mol. The number of rotatable bonds is 6. The van der Waals surface area contributed by atoms with Crippen molar-refractivity contribution in [3.63, 3.8) is 0 Å². The summed E-state index contributed by atoms with van der Waals surface area (Å²) in [6.45, 7) is 15.4. The second kappa shape index (κ2) is 14.5. The van der Waals surface area contributed by atoms with E-state index in [0.29, 0.717) is 0 Å². The molecule has 0 aliphatic carbocycles. The fourth-order valence-corrected chi connectivity index (χ4v) is 5.79. The molecular weight excluding hydrogens is 559 g/mol. The lowest BCUT2D eigenvalue weighted by atomic mass is 9.83. The molecule has 0 spiro atoms. The standard InChI is InChI=1S/C33H40N4.3ClH/c1-24-30(35-32(34-24)28-18-12-13-19-29(28)33(3,4)5)25(2)36-20-22-37(23-21-36)31(26-14-8-6-9-15-26)27-16-10-7-11-17-27;;;/h6-19,25,31H,20-23H2,1-5H3,(H,34,35);3*1H. The van der Waals surface area contributed by atoms with Crippen molar-refractivity contribution < 1.29 is 0 Å². The monoisotopic (exact) mass is 600 g/mol. The molecular formula is C33H43Cl3N4. The van der Waals surface area contributed by atoms with Crippen LogP contribution in [0.4, 0.5) is 0 Å². The zero-order valence-corrected chi connectivity index (χ0v) is 26.6. The van der Waals surface area contributed by atoms with Gasteiger partial charge in [0.2, 0.25) is 0 Å². The summed E-state index contributed by atoms with van der Waals surface area (Å²) >= 11 is 0. The smallest absolute Gasteiger partial charge is 0.138 e. The summed E-state index contributed by atoms with van der Waals surface area (Å²) in [4.78, 5) is 14.0. The summed E-state index contributed by atoms with van der Waals surface area (Å²) in [5, 5.41) is 0. The van der Waals surface area contributed by atoms with E-state index >= 15 is 0 Å². The molecule has 4 aromatic rings. The molecule has 1 aliphatic rings.